The Labute approximate surface area is 136 Å². The van der Waals surface area contributed by atoms with Crippen LogP contribution >= 0.6 is 0 Å². The number of amides is 1. The molecule has 0 aromatic heterocycles. The molecule has 3 aliphatic rings. The van der Waals surface area contributed by atoms with Gasteiger partial charge in [-0.1, -0.05) is 18.2 Å². The quantitative estimate of drug-likeness (QED) is 0.859. The minimum absolute atomic E-state index is 0.0871. The molecule has 0 bridgehead atoms. The zero-order valence-electron chi connectivity index (χ0n) is 13.6. The van der Waals surface area contributed by atoms with Crippen LogP contribution in [0.2, 0.25) is 0 Å². The number of carbonyl (C=O) groups is 1. The first-order chi connectivity index (χ1) is 11.2. The molecule has 5 heteroatoms. The average Bonchev–Trinajstić information content (AvgIpc) is 2.80. The van der Waals surface area contributed by atoms with Crippen LogP contribution in [0.4, 0.5) is 5.69 Å². The van der Waals surface area contributed by atoms with E-state index in [9.17, 15) is 4.79 Å². The number of hydrogen-bond donors (Lipinski definition) is 1. The summed E-state index contributed by atoms with van der Waals surface area (Å²) < 4.78 is 11.8. The average molecular weight is 316 g/mol. The molecule has 1 spiro atoms. The number of nitrogens with zero attached hydrogens (tertiary/aromatic N) is 1. The van der Waals surface area contributed by atoms with Crippen molar-refractivity contribution in [2.24, 2.45) is 0 Å². The molecule has 1 aromatic carbocycles. The van der Waals surface area contributed by atoms with Gasteiger partial charge >= 0.3 is 0 Å². The summed E-state index contributed by atoms with van der Waals surface area (Å²) in [5, 5.41) is 3.11. The number of nitrogens with one attached hydrogen (secondary N) is 1. The van der Waals surface area contributed by atoms with Crippen LogP contribution in [-0.2, 0) is 20.7 Å². The number of para-hydroxylation sites is 1. The van der Waals surface area contributed by atoms with Gasteiger partial charge in [0.1, 0.15) is 5.60 Å². The number of benzene rings is 1. The molecule has 3 aliphatic heterocycles. The Morgan fingerprint density at radius 3 is 3.00 bits per heavy atom. The van der Waals surface area contributed by atoms with Gasteiger partial charge in [0, 0.05) is 31.8 Å². The number of aryl methyl sites for hydroxylation is 1. The molecular formula is C18H24N2O3. The molecule has 5 nitrogen and oxygen atoms in total. The molecule has 3 atom stereocenters. The van der Waals surface area contributed by atoms with Gasteiger partial charge in [-0.3, -0.25) is 9.69 Å². The summed E-state index contributed by atoms with van der Waals surface area (Å²) in [7, 11) is 0. The molecule has 3 unspecified atom stereocenters. The minimum Gasteiger partial charge on any atom is -0.375 e. The molecule has 23 heavy (non-hydrogen) atoms. The van der Waals surface area contributed by atoms with E-state index < -0.39 is 0 Å². The number of anilines is 1. The van der Waals surface area contributed by atoms with Crippen LogP contribution < -0.4 is 5.32 Å². The van der Waals surface area contributed by atoms with Crippen molar-refractivity contribution in [3.05, 3.63) is 29.8 Å². The van der Waals surface area contributed by atoms with Crippen molar-refractivity contribution in [2.75, 3.05) is 31.6 Å². The number of fused-ring (bicyclic) bond motifs is 1. The predicted molar refractivity (Wildman–Crippen MR) is 87.5 cm³/mol. The smallest absolute Gasteiger partial charge is 0.241 e. The topological polar surface area (TPSA) is 50.8 Å². The molecule has 1 amide bonds. The van der Waals surface area contributed by atoms with Crippen molar-refractivity contribution < 1.29 is 14.3 Å². The van der Waals surface area contributed by atoms with Gasteiger partial charge in [-0.2, -0.15) is 0 Å². The Bertz CT molecular complexity index is 606. The van der Waals surface area contributed by atoms with Gasteiger partial charge in [-0.25, -0.2) is 0 Å². The Hall–Kier alpha value is -1.43. The van der Waals surface area contributed by atoms with E-state index in [-0.39, 0.29) is 23.7 Å². The fraction of sp³-hybridized carbons (Fsp3) is 0.611. The van der Waals surface area contributed by atoms with Crippen LogP contribution in [0.25, 0.3) is 0 Å². The fourth-order valence-corrected chi connectivity index (χ4v) is 4.11. The maximum atomic E-state index is 12.7. The van der Waals surface area contributed by atoms with Crippen LogP contribution in [0.3, 0.4) is 0 Å². The third kappa shape index (κ3) is 2.67. The largest absolute Gasteiger partial charge is 0.375 e. The Balaban J connectivity index is 1.53. The second-order valence-corrected chi connectivity index (χ2v) is 6.85. The highest BCUT2D eigenvalue weighted by Gasteiger charge is 2.48. The van der Waals surface area contributed by atoms with Crippen molar-refractivity contribution in [1.29, 1.82) is 0 Å². The Kier molecular flexibility index (Phi) is 3.87. The zero-order chi connectivity index (χ0) is 15.9. The molecule has 0 aliphatic carbocycles. The number of hydrogen-bond acceptors (Lipinski definition) is 4. The van der Waals surface area contributed by atoms with Crippen molar-refractivity contribution in [2.45, 2.75) is 43.9 Å². The van der Waals surface area contributed by atoms with Gasteiger partial charge in [0.2, 0.25) is 5.91 Å². The summed E-state index contributed by atoms with van der Waals surface area (Å²) in [5.74, 6) is 0.110. The third-order valence-electron chi connectivity index (χ3n) is 5.58. The van der Waals surface area contributed by atoms with E-state index >= 15 is 0 Å². The highest BCUT2D eigenvalue weighted by molar-refractivity contribution is 5.96. The Morgan fingerprint density at radius 1 is 1.30 bits per heavy atom. The van der Waals surface area contributed by atoms with Crippen molar-refractivity contribution >= 4 is 11.6 Å². The second kappa shape index (κ2) is 5.89. The van der Waals surface area contributed by atoms with E-state index in [0.717, 1.165) is 44.6 Å². The van der Waals surface area contributed by atoms with E-state index in [2.05, 4.69) is 23.2 Å². The van der Waals surface area contributed by atoms with Gasteiger partial charge in [0.05, 0.1) is 18.8 Å². The predicted octanol–water partition coefficient (Wildman–Crippen LogP) is 1.82. The van der Waals surface area contributed by atoms with Crippen molar-refractivity contribution in [3.8, 4) is 0 Å². The van der Waals surface area contributed by atoms with E-state index in [4.69, 9.17) is 9.47 Å². The van der Waals surface area contributed by atoms with Crippen molar-refractivity contribution in [1.82, 2.24) is 4.90 Å². The molecule has 3 heterocycles. The van der Waals surface area contributed by atoms with E-state index in [0.29, 0.717) is 6.61 Å². The number of morpholine rings is 1. The first kappa shape index (κ1) is 15.1. The SMILES string of the molecule is CC1OCCC12CN(C1CCc3ccccc3NC1=O)CCO2. The van der Waals surface area contributed by atoms with Crippen LogP contribution in [-0.4, -0.2) is 54.9 Å². The second-order valence-electron chi connectivity index (χ2n) is 6.85. The third-order valence-corrected chi connectivity index (χ3v) is 5.58. The summed E-state index contributed by atoms with van der Waals surface area (Å²) in [6, 6.07) is 8.01. The van der Waals surface area contributed by atoms with E-state index in [1.807, 2.05) is 18.2 Å². The van der Waals surface area contributed by atoms with Gasteiger partial charge in [-0.05, 0) is 31.4 Å². The Morgan fingerprint density at radius 2 is 2.17 bits per heavy atom. The van der Waals surface area contributed by atoms with E-state index in [1.165, 1.54) is 5.56 Å². The molecule has 2 fully saturated rings. The number of carbonyl (C=O) groups excluding carboxylic acids is 1. The molecule has 4 rings (SSSR count). The molecule has 124 valence electrons. The molecule has 1 N–H and O–H groups in total. The van der Waals surface area contributed by atoms with Crippen LogP contribution in [0, 0.1) is 0 Å². The molecule has 1 aromatic rings. The standard InChI is InChI=1S/C18H24N2O3/c1-13-18(8-10-22-13)12-20(9-11-23-18)16-7-6-14-4-2-3-5-15(14)19-17(16)21/h2-5,13,16H,6-12H2,1H3,(H,19,21). The molecule has 0 saturated carbocycles. The molecule has 0 radical (unpaired) electrons. The summed E-state index contributed by atoms with van der Waals surface area (Å²) in [5.41, 5.74) is 1.95. The number of rotatable bonds is 1. The summed E-state index contributed by atoms with van der Waals surface area (Å²) >= 11 is 0. The highest BCUT2D eigenvalue weighted by atomic mass is 16.6. The van der Waals surface area contributed by atoms with E-state index in [1.54, 1.807) is 0 Å². The lowest BCUT2D eigenvalue weighted by Crippen LogP contribution is -2.59. The van der Waals surface area contributed by atoms with Crippen LogP contribution in [0.5, 0.6) is 0 Å². The normalized spacial score (nSPS) is 34.9. The monoisotopic (exact) mass is 316 g/mol. The molecular weight excluding hydrogens is 292 g/mol. The fourth-order valence-electron chi connectivity index (χ4n) is 4.11. The highest BCUT2D eigenvalue weighted by Crippen LogP contribution is 2.35. The summed E-state index contributed by atoms with van der Waals surface area (Å²) in [6.07, 6.45) is 2.79. The maximum absolute atomic E-state index is 12.7. The zero-order valence-corrected chi connectivity index (χ0v) is 13.6. The summed E-state index contributed by atoms with van der Waals surface area (Å²) in [6.45, 7) is 5.09. The van der Waals surface area contributed by atoms with Gasteiger partial charge in [0.15, 0.2) is 0 Å². The number of ether oxygens (including phenoxy) is 2. The lowest BCUT2D eigenvalue weighted by molar-refractivity contribution is -0.150. The van der Waals surface area contributed by atoms with Gasteiger partial charge in [-0.15, -0.1) is 0 Å². The first-order valence-corrected chi connectivity index (χ1v) is 8.56. The van der Waals surface area contributed by atoms with Crippen LogP contribution in [0.15, 0.2) is 24.3 Å². The lowest BCUT2D eigenvalue weighted by atomic mass is 9.92. The van der Waals surface area contributed by atoms with Gasteiger partial charge < -0.3 is 14.8 Å². The van der Waals surface area contributed by atoms with Crippen LogP contribution in [0.1, 0.15) is 25.3 Å². The minimum atomic E-state index is -0.238. The lowest BCUT2D eigenvalue weighted by Gasteiger charge is -2.44. The van der Waals surface area contributed by atoms with Crippen molar-refractivity contribution in [3.63, 3.8) is 0 Å². The summed E-state index contributed by atoms with van der Waals surface area (Å²) in [4.78, 5) is 15.0. The van der Waals surface area contributed by atoms with Gasteiger partial charge in [0.25, 0.3) is 0 Å². The maximum Gasteiger partial charge on any atom is 0.241 e. The first-order valence-electron chi connectivity index (χ1n) is 8.56. The molecule has 2 saturated heterocycles.